The number of carbonyl (C=O) groups excluding carboxylic acids is 1. The summed E-state index contributed by atoms with van der Waals surface area (Å²) in [7, 11) is 0. The van der Waals surface area contributed by atoms with E-state index in [4.69, 9.17) is 16.7 Å². The molecule has 0 bridgehead atoms. The SMILES string of the molecule is CCC(NC(=O)Nc1ccc(Cl)cc1C(F)(F)F)C(=O)O. The Morgan fingerprint density at radius 1 is 1.38 bits per heavy atom. The van der Waals surface area contributed by atoms with Gasteiger partial charge in [-0.2, -0.15) is 13.2 Å². The smallest absolute Gasteiger partial charge is 0.418 e. The summed E-state index contributed by atoms with van der Waals surface area (Å²) < 4.78 is 38.4. The van der Waals surface area contributed by atoms with Gasteiger partial charge in [-0.05, 0) is 24.6 Å². The summed E-state index contributed by atoms with van der Waals surface area (Å²) in [4.78, 5) is 22.3. The van der Waals surface area contributed by atoms with Gasteiger partial charge in [0.1, 0.15) is 6.04 Å². The lowest BCUT2D eigenvalue weighted by atomic mass is 10.1. The molecule has 0 aliphatic heterocycles. The average Bonchev–Trinajstić information content (AvgIpc) is 2.36. The van der Waals surface area contributed by atoms with Gasteiger partial charge in [0, 0.05) is 5.02 Å². The number of anilines is 1. The molecule has 1 aromatic carbocycles. The number of carboxylic acids is 1. The number of carboxylic acid groups (broad SMARTS) is 1. The zero-order valence-corrected chi connectivity index (χ0v) is 11.5. The van der Waals surface area contributed by atoms with E-state index in [0.29, 0.717) is 6.07 Å². The Hall–Kier alpha value is -1.96. The van der Waals surface area contributed by atoms with Crippen LogP contribution in [-0.4, -0.2) is 23.1 Å². The fourth-order valence-corrected chi connectivity index (χ4v) is 1.69. The first-order valence-electron chi connectivity index (χ1n) is 5.82. The monoisotopic (exact) mass is 324 g/mol. The van der Waals surface area contributed by atoms with Gasteiger partial charge in [0.25, 0.3) is 0 Å². The molecular formula is C12H12ClF3N2O3. The Bertz CT molecular complexity index is 549. The van der Waals surface area contributed by atoms with E-state index in [-0.39, 0.29) is 11.4 Å². The lowest BCUT2D eigenvalue weighted by Crippen LogP contribution is -2.42. The highest BCUT2D eigenvalue weighted by Crippen LogP contribution is 2.36. The maximum atomic E-state index is 12.8. The molecule has 0 saturated heterocycles. The van der Waals surface area contributed by atoms with Crippen molar-refractivity contribution in [3.63, 3.8) is 0 Å². The van der Waals surface area contributed by atoms with E-state index in [1.54, 1.807) is 0 Å². The molecule has 1 aromatic rings. The van der Waals surface area contributed by atoms with Gasteiger partial charge in [-0.1, -0.05) is 18.5 Å². The number of hydrogen-bond acceptors (Lipinski definition) is 2. The first-order chi connectivity index (χ1) is 9.65. The molecule has 116 valence electrons. The molecule has 1 rings (SSSR count). The summed E-state index contributed by atoms with van der Waals surface area (Å²) in [6.07, 6.45) is -4.61. The van der Waals surface area contributed by atoms with Crippen LogP contribution < -0.4 is 10.6 Å². The molecule has 21 heavy (non-hydrogen) atoms. The first-order valence-corrected chi connectivity index (χ1v) is 6.20. The molecule has 0 aromatic heterocycles. The third-order valence-electron chi connectivity index (χ3n) is 2.55. The molecular weight excluding hydrogens is 313 g/mol. The van der Waals surface area contributed by atoms with E-state index >= 15 is 0 Å². The Morgan fingerprint density at radius 2 is 2.00 bits per heavy atom. The molecule has 0 aliphatic carbocycles. The van der Waals surface area contributed by atoms with E-state index in [1.165, 1.54) is 13.0 Å². The fourth-order valence-electron chi connectivity index (χ4n) is 1.52. The van der Waals surface area contributed by atoms with Crippen LogP contribution >= 0.6 is 11.6 Å². The second-order valence-electron chi connectivity index (χ2n) is 4.09. The van der Waals surface area contributed by atoms with Gasteiger partial charge < -0.3 is 15.7 Å². The highest BCUT2D eigenvalue weighted by Gasteiger charge is 2.34. The predicted molar refractivity (Wildman–Crippen MR) is 70.3 cm³/mol. The van der Waals surface area contributed by atoms with Crippen LogP contribution in [0.3, 0.4) is 0 Å². The average molecular weight is 325 g/mol. The Balaban J connectivity index is 2.93. The van der Waals surface area contributed by atoms with E-state index in [2.05, 4.69) is 5.32 Å². The molecule has 9 heteroatoms. The zero-order valence-electron chi connectivity index (χ0n) is 10.8. The van der Waals surface area contributed by atoms with Crippen LogP contribution in [0.15, 0.2) is 18.2 Å². The number of rotatable bonds is 4. The van der Waals surface area contributed by atoms with Crippen molar-refractivity contribution in [2.45, 2.75) is 25.6 Å². The summed E-state index contributed by atoms with van der Waals surface area (Å²) in [5.41, 5.74) is -1.63. The number of hydrogen-bond donors (Lipinski definition) is 3. The minimum atomic E-state index is -4.70. The number of aliphatic carboxylic acids is 1. The number of alkyl halides is 3. The summed E-state index contributed by atoms with van der Waals surface area (Å²) in [5.74, 6) is -1.28. The molecule has 1 unspecified atom stereocenters. The van der Waals surface area contributed by atoms with Gasteiger partial charge in [0.2, 0.25) is 0 Å². The lowest BCUT2D eigenvalue weighted by Gasteiger charge is -2.16. The maximum Gasteiger partial charge on any atom is 0.418 e. The number of urea groups is 1. The van der Waals surface area contributed by atoms with Crippen molar-refractivity contribution in [3.8, 4) is 0 Å². The number of halogens is 4. The highest BCUT2D eigenvalue weighted by molar-refractivity contribution is 6.30. The van der Waals surface area contributed by atoms with Crippen LogP contribution in [0.4, 0.5) is 23.7 Å². The van der Waals surface area contributed by atoms with Gasteiger partial charge in [-0.15, -0.1) is 0 Å². The molecule has 2 amide bonds. The summed E-state index contributed by atoms with van der Waals surface area (Å²) in [6, 6.07) is 0.614. The van der Waals surface area contributed by atoms with Crippen LogP contribution in [0, 0.1) is 0 Å². The first kappa shape index (κ1) is 17.1. The van der Waals surface area contributed by atoms with Crippen molar-refractivity contribution < 1.29 is 27.9 Å². The van der Waals surface area contributed by atoms with Crippen LogP contribution in [0.2, 0.25) is 5.02 Å². The van der Waals surface area contributed by atoms with Crippen molar-refractivity contribution in [2.75, 3.05) is 5.32 Å². The summed E-state index contributed by atoms with van der Waals surface area (Å²) in [5, 5.41) is 12.7. The normalized spacial score (nSPS) is 12.6. The molecule has 1 atom stereocenters. The molecule has 3 N–H and O–H groups in total. The minimum absolute atomic E-state index is 0.0928. The number of carbonyl (C=O) groups is 2. The van der Waals surface area contributed by atoms with Crippen molar-refractivity contribution in [1.82, 2.24) is 5.32 Å². The van der Waals surface area contributed by atoms with Gasteiger partial charge in [-0.25, -0.2) is 9.59 Å². The molecule has 0 spiro atoms. The van der Waals surface area contributed by atoms with E-state index in [0.717, 1.165) is 6.07 Å². The van der Waals surface area contributed by atoms with Gasteiger partial charge >= 0.3 is 18.2 Å². The molecule has 5 nitrogen and oxygen atoms in total. The number of amides is 2. The Morgan fingerprint density at radius 3 is 2.48 bits per heavy atom. The summed E-state index contributed by atoms with van der Waals surface area (Å²) >= 11 is 5.50. The van der Waals surface area contributed by atoms with E-state index < -0.39 is 35.5 Å². The minimum Gasteiger partial charge on any atom is -0.480 e. The quantitative estimate of drug-likeness (QED) is 0.794. The Kier molecular flexibility index (Phi) is 5.42. The van der Waals surface area contributed by atoms with Crippen LogP contribution in [0.5, 0.6) is 0 Å². The lowest BCUT2D eigenvalue weighted by molar-refractivity contribution is -0.139. The largest absolute Gasteiger partial charge is 0.480 e. The fraction of sp³-hybridized carbons (Fsp3) is 0.333. The van der Waals surface area contributed by atoms with Gasteiger partial charge in [-0.3, -0.25) is 0 Å². The molecule has 0 saturated carbocycles. The maximum absolute atomic E-state index is 12.8. The third-order valence-corrected chi connectivity index (χ3v) is 2.78. The van der Waals surface area contributed by atoms with E-state index in [1.807, 2.05) is 5.32 Å². The third kappa shape index (κ3) is 4.82. The standard InChI is InChI=1S/C12H12ClF3N2O3/c1-2-8(10(19)20)17-11(21)18-9-4-3-6(13)5-7(9)12(14,15)16/h3-5,8H,2H2,1H3,(H,19,20)(H2,17,18,21). The van der Waals surface area contributed by atoms with Crippen LogP contribution in [0.25, 0.3) is 0 Å². The van der Waals surface area contributed by atoms with Crippen molar-refractivity contribution in [2.24, 2.45) is 0 Å². The molecule has 0 aliphatic rings. The molecule has 0 heterocycles. The Labute approximate surface area is 123 Å². The zero-order chi connectivity index (χ0) is 16.2. The van der Waals surface area contributed by atoms with Crippen molar-refractivity contribution in [3.05, 3.63) is 28.8 Å². The predicted octanol–water partition coefficient (Wildman–Crippen LogP) is 3.34. The van der Waals surface area contributed by atoms with Crippen LogP contribution in [-0.2, 0) is 11.0 Å². The van der Waals surface area contributed by atoms with Crippen molar-refractivity contribution in [1.29, 1.82) is 0 Å². The molecule has 0 radical (unpaired) electrons. The van der Waals surface area contributed by atoms with Crippen molar-refractivity contribution >= 4 is 29.3 Å². The molecule has 0 fully saturated rings. The van der Waals surface area contributed by atoms with E-state index in [9.17, 15) is 22.8 Å². The second kappa shape index (κ2) is 6.66. The highest BCUT2D eigenvalue weighted by atomic mass is 35.5. The second-order valence-corrected chi connectivity index (χ2v) is 4.52. The number of nitrogens with one attached hydrogen (secondary N) is 2. The summed E-state index contributed by atoms with van der Waals surface area (Å²) in [6.45, 7) is 1.52. The van der Waals surface area contributed by atoms with Gasteiger partial charge in [0.05, 0.1) is 11.3 Å². The van der Waals surface area contributed by atoms with Crippen LogP contribution in [0.1, 0.15) is 18.9 Å². The topological polar surface area (TPSA) is 78.4 Å². The van der Waals surface area contributed by atoms with Gasteiger partial charge in [0.15, 0.2) is 0 Å². The number of benzene rings is 1.